The van der Waals surface area contributed by atoms with Crippen molar-refractivity contribution in [2.75, 3.05) is 0 Å². The average Bonchev–Trinajstić information content (AvgIpc) is 2.42. The van der Waals surface area contributed by atoms with Gasteiger partial charge in [-0.2, -0.15) is 4.98 Å². The quantitative estimate of drug-likeness (QED) is 0.375. The van der Waals surface area contributed by atoms with Gasteiger partial charge in [-0.15, -0.1) is 0 Å². The van der Waals surface area contributed by atoms with Crippen LogP contribution in [-0.2, 0) is 0 Å². The summed E-state index contributed by atoms with van der Waals surface area (Å²) in [7, 11) is 0. The normalized spacial score (nSPS) is 28.1. The van der Waals surface area contributed by atoms with Crippen molar-refractivity contribution in [3.63, 3.8) is 0 Å². The Bertz CT molecular complexity index is 464. The van der Waals surface area contributed by atoms with E-state index < -0.39 is 0 Å². The molecule has 19 heavy (non-hydrogen) atoms. The highest BCUT2D eigenvalue weighted by atomic mass is 16.5. The van der Waals surface area contributed by atoms with Crippen LogP contribution in [0.3, 0.4) is 0 Å². The maximum Gasteiger partial charge on any atom is 0.317 e. The molecule has 6 nitrogen and oxygen atoms in total. The lowest BCUT2D eigenvalue weighted by Gasteiger charge is -2.31. The van der Waals surface area contributed by atoms with Crippen LogP contribution >= 0.6 is 0 Å². The van der Waals surface area contributed by atoms with Gasteiger partial charge >= 0.3 is 6.01 Å². The summed E-state index contributed by atoms with van der Waals surface area (Å²) in [6.07, 6.45) is 4.88. The van der Waals surface area contributed by atoms with E-state index in [1.807, 2.05) is 0 Å². The zero-order chi connectivity index (χ0) is 13.8. The van der Waals surface area contributed by atoms with Gasteiger partial charge in [0.05, 0.1) is 0 Å². The van der Waals surface area contributed by atoms with Crippen LogP contribution in [0, 0.1) is 11.8 Å². The third-order valence-corrected chi connectivity index (χ3v) is 3.83. The molecule has 1 aliphatic rings. The maximum absolute atomic E-state index is 8.63. The Labute approximate surface area is 112 Å². The molecule has 1 fully saturated rings. The molecule has 3 N–H and O–H groups in total. The lowest BCUT2D eigenvalue weighted by molar-refractivity contribution is 0.0918. The lowest BCUT2D eigenvalue weighted by atomic mass is 9.80. The number of oxime groups is 1. The summed E-state index contributed by atoms with van der Waals surface area (Å²) in [5, 5.41) is 11.5. The molecule has 1 heterocycles. The summed E-state index contributed by atoms with van der Waals surface area (Å²) in [4.78, 5) is 8.20. The molecule has 104 valence electrons. The van der Waals surface area contributed by atoms with Gasteiger partial charge in [0.25, 0.3) is 0 Å². The Morgan fingerprint density at radius 1 is 1.42 bits per heavy atom. The van der Waals surface area contributed by atoms with Crippen LogP contribution in [-0.4, -0.2) is 27.1 Å². The number of aromatic nitrogens is 2. The summed E-state index contributed by atoms with van der Waals surface area (Å²) in [5.41, 5.74) is 5.86. The summed E-state index contributed by atoms with van der Waals surface area (Å²) < 4.78 is 5.79. The second-order valence-electron chi connectivity index (χ2n) is 5.22. The number of amidine groups is 1. The molecular weight excluding hydrogens is 244 g/mol. The number of hydrogen-bond acceptors (Lipinski definition) is 5. The van der Waals surface area contributed by atoms with Crippen molar-refractivity contribution in [2.45, 2.75) is 39.2 Å². The minimum atomic E-state index is -0.0436. The predicted molar refractivity (Wildman–Crippen MR) is 71.1 cm³/mol. The Morgan fingerprint density at radius 3 is 2.89 bits per heavy atom. The van der Waals surface area contributed by atoms with Gasteiger partial charge < -0.3 is 15.7 Å². The average molecular weight is 264 g/mol. The number of nitrogens with two attached hydrogens (primary N) is 1. The van der Waals surface area contributed by atoms with Crippen LogP contribution < -0.4 is 10.5 Å². The van der Waals surface area contributed by atoms with Crippen LogP contribution in [0.1, 0.15) is 38.8 Å². The molecule has 1 aromatic heterocycles. The van der Waals surface area contributed by atoms with Gasteiger partial charge in [-0.05, 0) is 37.2 Å². The maximum atomic E-state index is 8.63. The van der Waals surface area contributed by atoms with E-state index in [-0.39, 0.29) is 18.0 Å². The zero-order valence-electron chi connectivity index (χ0n) is 11.3. The first-order chi connectivity index (χ1) is 9.10. The van der Waals surface area contributed by atoms with Crippen molar-refractivity contribution < 1.29 is 9.94 Å². The Hall–Kier alpha value is -1.85. The van der Waals surface area contributed by atoms with E-state index in [1.165, 1.54) is 0 Å². The first-order valence-corrected chi connectivity index (χ1v) is 6.57. The molecule has 0 radical (unpaired) electrons. The van der Waals surface area contributed by atoms with Crippen molar-refractivity contribution in [3.8, 4) is 6.01 Å². The largest absolute Gasteiger partial charge is 0.460 e. The number of hydrogen-bond donors (Lipinski definition) is 2. The van der Waals surface area contributed by atoms with Crippen LogP contribution in [0.5, 0.6) is 6.01 Å². The molecule has 3 unspecified atom stereocenters. The first kappa shape index (κ1) is 13.6. The molecule has 0 aromatic carbocycles. The predicted octanol–water partition coefficient (Wildman–Crippen LogP) is 1.77. The minimum Gasteiger partial charge on any atom is -0.460 e. The summed E-state index contributed by atoms with van der Waals surface area (Å²) in [6.45, 7) is 4.52. The Balaban J connectivity index is 2.03. The molecule has 0 amide bonds. The van der Waals surface area contributed by atoms with E-state index in [2.05, 4.69) is 29.0 Å². The fraction of sp³-hybridized carbons (Fsp3) is 0.615. The smallest absolute Gasteiger partial charge is 0.317 e. The highest BCUT2D eigenvalue weighted by molar-refractivity contribution is 5.95. The standard InChI is InChI=1S/C13H20N4O2/c1-8-3-4-10(7-9(8)2)19-13-15-6-5-11(16-13)12(14)17-18/h5-6,8-10,18H,3-4,7H2,1-2H3,(H2,14,17). The lowest BCUT2D eigenvalue weighted by Crippen LogP contribution is -2.29. The van der Waals surface area contributed by atoms with Crippen molar-refractivity contribution in [1.29, 1.82) is 0 Å². The Kier molecular flexibility index (Phi) is 4.19. The topological polar surface area (TPSA) is 93.6 Å². The molecule has 2 rings (SSSR count). The van der Waals surface area contributed by atoms with Gasteiger partial charge in [-0.1, -0.05) is 19.0 Å². The fourth-order valence-corrected chi connectivity index (χ4v) is 2.35. The van der Waals surface area contributed by atoms with Crippen molar-refractivity contribution in [2.24, 2.45) is 22.7 Å². The van der Waals surface area contributed by atoms with Gasteiger partial charge in [-0.3, -0.25) is 0 Å². The molecule has 0 spiro atoms. The summed E-state index contributed by atoms with van der Waals surface area (Å²) in [6, 6.07) is 1.86. The minimum absolute atomic E-state index is 0.0436. The molecule has 0 aliphatic heterocycles. The van der Waals surface area contributed by atoms with Crippen molar-refractivity contribution in [3.05, 3.63) is 18.0 Å². The van der Waals surface area contributed by atoms with Crippen LogP contribution in [0.2, 0.25) is 0 Å². The van der Waals surface area contributed by atoms with Gasteiger partial charge in [0, 0.05) is 6.20 Å². The van der Waals surface area contributed by atoms with Gasteiger partial charge in [0.15, 0.2) is 5.84 Å². The molecule has 1 saturated carbocycles. The van der Waals surface area contributed by atoms with Crippen LogP contribution in [0.15, 0.2) is 17.4 Å². The van der Waals surface area contributed by atoms with Crippen molar-refractivity contribution in [1.82, 2.24) is 9.97 Å². The van der Waals surface area contributed by atoms with Crippen molar-refractivity contribution >= 4 is 5.84 Å². The molecule has 1 aliphatic carbocycles. The van der Waals surface area contributed by atoms with E-state index in [0.717, 1.165) is 25.2 Å². The second kappa shape index (κ2) is 5.86. The van der Waals surface area contributed by atoms with E-state index >= 15 is 0 Å². The summed E-state index contributed by atoms with van der Waals surface area (Å²) in [5.74, 6) is 1.34. The van der Waals surface area contributed by atoms with E-state index in [0.29, 0.717) is 11.6 Å². The first-order valence-electron chi connectivity index (χ1n) is 6.57. The molecule has 1 aromatic rings. The van der Waals surface area contributed by atoms with Crippen LogP contribution in [0.4, 0.5) is 0 Å². The molecule has 6 heteroatoms. The van der Waals surface area contributed by atoms with Gasteiger partial charge in [0.1, 0.15) is 11.8 Å². The monoisotopic (exact) mass is 264 g/mol. The van der Waals surface area contributed by atoms with Gasteiger partial charge in [0.2, 0.25) is 0 Å². The van der Waals surface area contributed by atoms with E-state index in [1.54, 1.807) is 12.3 Å². The Morgan fingerprint density at radius 2 is 2.21 bits per heavy atom. The molecule has 3 atom stereocenters. The van der Waals surface area contributed by atoms with E-state index in [4.69, 9.17) is 15.7 Å². The van der Waals surface area contributed by atoms with E-state index in [9.17, 15) is 0 Å². The number of rotatable bonds is 3. The second-order valence-corrected chi connectivity index (χ2v) is 5.22. The third kappa shape index (κ3) is 3.33. The highest BCUT2D eigenvalue weighted by Crippen LogP contribution is 2.31. The molecular formula is C13H20N4O2. The number of ether oxygens (including phenoxy) is 1. The van der Waals surface area contributed by atoms with Gasteiger partial charge in [-0.25, -0.2) is 4.98 Å². The third-order valence-electron chi connectivity index (χ3n) is 3.83. The zero-order valence-corrected chi connectivity index (χ0v) is 11.3. The summed E-state index contributed by atoms with van der Waals surface area (Å²) >= 11 is 0. The number of nitrogens with zero attached hydrogens (tertiary/aromatic N) is 3. The SMILES string of the molecule is CC1CCC(Oc2nccc(/C(N)=N/O)n2)CC1C. The fourth-order valence-electron chi connectivity index (χ4n) is 2.35. The van der Waals surface area contributed by atoms with Crippen LogP contribution in [0.25, 0.3) is 0 Å². The molecule has 0 saturated heterocycles. The highest BCUT2D eigenvalue weighted by Gasteiger charge is 2.26. The molecule has 0 bridgehead atoms.